The van der Waals surface area contributed by atoms with Crippen molar-refractivity contribution in [3.63, 3.8) is 0 Å². The van der Waals surface area contributed by atoms with E-state index in [2.05, 4.69) is 15.5 Å². The molecule has 0 aliphatic heterocycles. The van der Waals surface area contributed by atoms with Gasteiger partial charge in [-0.3, -0.25) is 4.79 Å². The highest BCUT2D eigenvalue weighted by atomic mass is 32.2. The molecule has 1 heterocycles. The van der Waals surface area contributed by atoms with Crippen molar-refractivity contribution in [1.82, 2.24) is 10.2 Å². The molecule has 1 aromatic heterocycles. The summed E-state index contributed by atoms with van der Waals surface area (Å²) in [6.07, 6.45) is 7.12. The van der Waals surface area contributed by atoms with Gasteiger partial charge < -0.3 is 5.32 Å². The molecule has 4 aliphatic rings. The van der Waals surface area contributed by atoms with Crippen LogP contribution in [-0.2, 0) is 10.5 Å². The molecule has 4 saturated carbocycles. The number of hydrogen-bond acceptors (Lipinski definition) is 5. The summed E-state index contributed by atoms with van der Waals surface area (Å²) >= 11 is 2.92. The Labute approximate surface area is 166 Å². The maximum atomic E-state index is 13.3. The molecule has 0 radical (unpaired) electrons. The van der Waals surface area contributed by atoms with Crippen LogP contribution >= 0.6 is 23.1 Å². The lowest BCUT2D eigenvalue weighted by atomic mass is 9.49. The first-order valence-corrected chi connectivity index (χ1v) is 11.4. The predicted octanol–water partition coefficient (Wildman–Crippen LogP) is 5.12. The van der Waals surface area contributed by atoms with Gasteiger partial charge in [0.1, 0.15) is 5.82 Å². The van der Waals surface area contributed by atoms with Gasteiger partial charge in [-0.25, -0.2) is 4.39 Å². The summed E-state index contributed by atoms with van der Waals surface area (Å²) in [6.45, 7) is 0. The number of carbonyl (C=O) groups excluding carboxylic acids is 1. The minimum atomic E-state index is -0.228. The SMILES string of the molecule is O=C(Nc1nnc(SCc2cccc(F)c2)s1)C12CC3CC(CC(C3)C1)C2. The van der Waals surface area contributed by atoms with E-state index in [9.17, 15) is 9.18 Å². The van der Waals surface area contributed by atoms with E-state index in [-0.39, 0.29) is 17.1 Å². The number of nitrogens with one attached hydrogen (secondary N) is 1. The minimum absolute atomic E-state index is 0.152. The van der Waals surface area contributed by atoms with Gasteiger partial charge in [0.05, 0.1) is 5.41 Å². The number of hydrogen-bond donors (Lipinski definition) is 1. The Hall–Kier alpha value is -1.47. The Kier molecular flexibility index (Phi) is 4.47. The van der Waals surface area contributed by atoms with Crippen molar-refractivity contribution >= 4 is 34.1 Å². The highest BCUT2D eigenvalue weighted by Crippen LogP contribution is 2.60. The standard InChI is InChI=1S/C20H22FN3OS2/c21-16-3-1-2-12(7-16)11-26-19-24-23-18(27-19)22-17(25)20-8-13-4-14(9-20)6-15(5-13)10-20/h1-3,7,13-15H,4-6,8-11H2,(H,22,23,25). The molecular formula is C20H22FN3OS2. The lowest BCUT2D eigenvalue weighted by Gasteiger charge is -2.55. The van der Waals surface area contributed by atoms with Crippen LogP contribution in [0.15, 0.2) is 28.6 Å². The van der Waals surface area contributed by atoms with Crippen LogP contribution < -0.4 is 5.32 Å². The first-order chi connectivity index (χ1) is 13.1. The summed E-state index contributed by atoms with van der Waals surface area (Å²) in [6, 6.07) is 6.58. The molecule has 4 aliphatic carbocycles. The molecule has 1 aromatic carbocycles. The number of amides is 1. The lowest BCUT2D eigenvalue weighted by molar-refractivity contribution is -0.140. The number of aromatic nitrogens is 2. The number of nitrogens with zero attached hydrogens (tertiary/aromatic N) is 2. The molecule has 142 valence electrons. The molecule has 7 heteroatoms. The Morgan fingerprint density at radius 1 is 1.19 bits per heavy atom. The number of rotatable bonds is 5. The Morgan fingerprint density at radius 2 is 1.89 bits per heavy atom. The molecule has 0 unspecified atom stereocenters. The van der Waals surface area contributed by atoms with Crippen molar-refractivity contribution in [2.75, 3.05) is 5.32 Å². The molecule has 0 spiro atoms. The Morgan fingerprint density at radius 3 is 2.56 bits per heavy atom. The van der Waals surface area contributed by atoms with Crippen molar-refractivity contribution in [2.45, 2.75) is 48.6 Å². The Bertz CT molecular complexity index is 833. The zero-order valence-corrected chi connectivity index (χ0v) is 16.6. The summed E-state index contributed by atoms with van der Waals surface area (Å²) in [5, 5.41) is 12.0. The number of halogens is 1. The van der Waals surface area contributed by atoms with Gasteiger partial charge in [0.25, 0.3) is 0 Å². The molecule has 6 rings (SSSR count). The van der Waals surface area contributed by atoms with Gasteiger partial charge in [0, 0.05) is 5.75 Å². The lowest BCUT2D eigenvalue weighted by Crippen LogP contribution is -2.51. The Balaban J connectivity index is 1.22. The quantitative estimate of drug-likeness (QED) is 0.556. The van der Waals surface area contributed by atoms with E-state index >= 15 is 0 Å². The van der Waals surface area contributed by atoms with Gasteiger partial charge in [0.2, 0.25) is 11.0 Å². The van der Waals surface area contributed by atoms with Crippen LogP contribution in [-0.4, -0.2) is 16.1 Å². The van der Waals surface area contributed by atoms with Crippen LogP contribution in [0.2, 0.25) is 0 Å². The second-order valence-electron chi connectivity index (χ2n) is 8.44. The van der Waals surface area contributed by atoms with Gasteiger partial charge in [-0.15, -0.1) is 10.2 Å². The molecule has 0 saturated heterocycles. The maximum absolute atomic E-state index is 13.3. The smallest absolute Gasteiger partial charge is 0.232 e. The zero-order chi connectivity index (χ0) is 18.4. The minimum Gasteiger partial charge on any atom is -0.300 e. The second-order valence-corrected chi connectivity index (χ2v) is 10.6. The van der Waals surface area contributed by atoms with Crippen LogP contribution in [0, 0.1) is 29.0 Å². The normalized spacial score (nSPS) is 31.2. The average Bonchev–Trinajstić information content (AvgIpc) is 3.06. The molecule has 0 atom stereocenters. The van der Waals surface area contributed by atoms with Crippen molar-refractivity contribution in [2.24, 2.45) is 23.2 Å². The zero-order valence-electron chi connectivity index (χ0n) is 15.0. The van der Waals surface area contributed by atoms with Crippen LogP contribution in [0.1, 0.15) is 44.1 Å². The van der Waals surface area contributed by atoms with Crippen LogP contribution in [0.5, 0.6) is 0 Å². The molecular weight excluding hydrogens is 381 g/mol. The van der Waals surface area contributed by atoms with E-state index in [0.717, 1.165) is 46.9 Å². The monoisotopic (exact) mass is 403 g/mol. The van der Waals surface area contributed by atoms with Crippen molar-refractivity contribution < 1.29 is 9.18 Å². The average molecular weight is 404 g/mol. The molecule has 27 heavy (non-hydrogen) atoms. The molecule has 4 fully saturated rings. The maximum Gasteiger partial charge on any atom is 0.232 e. The summed E-state index contributed by atoms with van der Waals surface area (Å²) in [5.41, 5.74) is 0.740. The summed E-state index contributed by atoms with van der Waals surface area (Å²) < 4.78 is 14.1. The van der Waals surface area contributed by atoms with Gasteiger partial charge >= 0.3 is 0 Å². The summed E-state index contributed by atoms with van der Waals surface area (Å²) in [5.74, 6) is 2.79. The summed E-state index contributed by atoms with van der Waals surface area (Å²) in [7, 11) is 0. The van der Waals surface area contributed by atoms with E-state index in [4.69, 9.17) is 0 Å². The number of carbonyl (C=O) groups is 1. The fraction of sp³-hybridized carbons (Fsp3) is 0.550. The molecule has 2 aromatic rings. The highest BCUT2D eigenvalue weighted by molar-refractivity contribution is 8.00. The van der Waals surface area contributed by atoms with Gasteiger partial charge in [0.15, 0.2) is 4.34 Å². The van der Waals surface area contributed by atoms with Gasteiger partial charge in [-0.1, -0.05) is 35.2 Å². The third-order valence-electron chi connectivity index (χ3n) is 6.40. The first-order valence-electron chi connectivity index (χ1n) is 9.60. The van der Waals surface area contributed by atoms with Crippen LogP contribution in [0.25, 0.3) is 0 Å². The molecule has 4 bridgehead atoms. The summed E-state index contributed by atoms with van der Waals surface area (Å²) in [4.78, 5) is 13.1. The van der Waals surface area contributed by atoms with E-state index in [1.165, 1.54) is 54.5 Å². The van der Waals surface area contributed by atoms with E-state index in [0.29, 0.717) is 10.9 Å². The molecule has 4 nitrogen and oxygen atoms in total. The largest absolute Gasteiger partial charge is 0.300 e. The van der Waals surface area contributed by atoms with Crippen molar-refractivity contribution in [3.8, 4) is 0 Å². The number of benzene rings is 1. The van der Waals surface area contributed by atoms with Crippen LogP contribution in [0.4, 0.5) is 9.52 Å². The van der Waals surface area contributed by atoms with Crippen LogP contribution in [0.3, 0.4) is 0 Å². The highest BCUT2D eigenvalue weighted by Gasteiger charge is 2.54. The van der Waals surface area contributed by atoms with Gasteiger partial charge in [-0.05, 0) is 74.0 Å². The molecule has 1 amide bonds. The van der Waals surface area contributed by atoms with E-state index in [1.807, 2.05) is 6.07 Å². The fourth-order valence-corrected chi connectivity index (χ4v) is 7.40. The van der Waals surface area contributed by atoms with Gasteiger partial charge in [-0.2, -0.15) is 0 Å². The third-order valence-corrected chi connectivity index (χ3v) is 8.44. The van der Waals surface area contributed by atoms with E-state index < -0.39 is 0 Å². The van der Waals surface area contributed by atoms with E-state index in [1.54, 1.807) is 6.07 Å². The predicted molar refractivity (Wildman–Crippen MR) is 105 cm³/mol. The molecule has 1 N–H and O–H groups in total. The van der Waals surface area contributed by atoms with Crippen molar-refractivity contribution in [3.05, 3.63) is 35.6 Å². The fourth-order valence-electron chi connectivity index (χ4n) is 5.71. The topological polar surface area (TPSA) is 54.9 Å². The number of thioether (sulfide) groups is 1. The van der Waals surface area contributed by atoms with Crippen molar-refractivity contribution in [1.29, 1.82) is 0 Å². The second kappa shape index (κ2) is 6.85. The third kappa shape index (κ3) is 3.51. The number of anilines is 1. The first kappa shape index (κ1) is 17.6.